The van der Waals surface area contributed by atoms with Crippen LogP contribution >= 0.6 is 0 Å². The average Bonchev–Trinajstić information content (AvgIpc) is 3.72. The SMILES string of the molecule is N#Cc1cc(C(=O)N2CCN(CC3CCCO3)CC2)c(N2CC[C@@H](NC(=O)C3=CC(=O)N=C4C3=CC=CC4F)C2)c(C(F)(F)F)c1. The molecule has 1 aliphatic carbocycles. The molecule has 3 fully saturated rings. The average molecular weight is 641 g/mol. The zero-order valence-electron chi connectivity index (χ0n) is 24.9. The Balaban J connectivity index is 1.21. The Morgan fingerprint density at radius 1 is 1.13 bits per heavy atom. The molecule has 5 aliphatic rings. The van der Waals surface area contributed by atoms with Gasteiger partial charge in [-0.1, -0.05) is 12.2 Å². The van der Waals surface area contributed by atoms with Gasteiger partial charge in [-0.25, -0.2) is 9.38 Å². The van der Waals surface area contributed by atoms with Crippen LogP contribution in [0.4, 0.5) is 23.2 Å². The van der Waals surface area contributed by atoms with E-state index in [9.17, 15) is 37.2 Å². The molecule has 0 spiro atoms. The van der Waals surface area contributed by atoms with Crippen LogP contribution in [0, 0.1) is 11.3 Å². The van der Waals surface area contributed by atoms with E-state index in [-0.39, 0.29) is 59.3 Å². The van der Waals surface area contributed by atoms with E-state index in [4.69, 9.17) is 4.74 Å². The van der Waals surface area contributed by atoms with Crippen LogP contribution < -0.4 is 10.2 Å². The molecule has 4 aliphatic heterocycles. The summed E-state index contributed by atoms with van der Waals surface area (Å²) >= 11 is 0. The Morgan fingerprint density at radius 2 is 1.91 bits per heavy atom. The molecule has 3 saturated heterocycles. The van der Waals surface area contributed by atoms with Gasteiger partial charge >= 0.3 is 6.18 Å². The molecule has 6 rings (SSSR count). The molecule has 1 N–H and O–H groups in total. The Labute approximate surface area is 262 Å². The van der Waals surface area contributed by atoms with Gasteiger partial charge in [-0.2, -0.15) is 18.4 Å². The van der Waals surface area contributed by atoms with E-state index in [0.717, 1.165) is 38.1 Å². The number of nitrogens with one attached hydrogen (secondary N) is 1. The summed E-state index contributed by atoms with van der Waals surface area (Å²) in [6.07, 6.45) is 0.928. The summed E-state index contributed by atoms with van der Waals surface area (Å²) in [7, 11) is 0. The van der Waals surface area contributed by atoms with E-state index in [0.29, 0.717) is 26.2 Å². The smallest absolute Gasteiger partial charge is 0.377 e. The van der Waals surface area contributed by atoms with Gasteiger partial charge in [-0.3, -0.25) is 19.3 Å². The van der Waals surface area contributed by atoms with Crippen molar-refractivity contribution in [2.45, 2.75) is 43.8 Å². The lowest BCUT2D eigenvalue weighted by molar-refractivity contribution is -0.137. The fourth-order valence-electron chi connectivity index (χ4n) is 6.61. The molecule has 1 aromatic carbocycles. The van der Waals surface area contributed by atoms with Crippen LogP contribution in [-0.4, -0.2) is 104 Å². The number of benzene rings is 1. The number of carbonyl (C=O) groups is 3. The number of fused-ring (bicyclic) bond motifs is 1. The van der Waals surface area contributed by atoms with Crippen LogP contribution in [0.15, 0.2) is 52.6 Å². The number of piperazine rings is 1. The third kappa shape index (κ3) is 6.47. The third-order valence-corrected chi connectivity index (χ3v) is 8.87. The maximum atomic E-state index is 14.5. The predicted molar refractivity (Wildman–Crippen MR) is 159 cm³/mol. The fraction of sp³-hybridized carbons (Fsp3) is 0.469. The summed E-state index contributed by atoms with van der Waals surface area (Å²) in [6, 6.07) is 3.05. The number of amides is 3. The van der Waals surface area contributed by atoms with Crippen molar-refractivity contribution in [2.24, 2.45) is 4.99 Å². The van der Waals surface area contributed by atoms with Gasteiger partial charge in [-0.15, -0.1) is 0 Å². The van der Waals surface area contributed by atoms with Crippen LogP contribution in [0.3, 0.4) is 0 Å². The van der Waals surface area contributed by atoms with E-state index in [1.54, 1.807) is 6.07 Å². The van der Waals surface area contributed by atoms with Gasteiger partial charge in [0.15, 0.2) is 6.17 Å². The van der Waals surface area contributed by atoms with Crippen molar-refractivity contribution < 1.29 is 36.7 Å². The van der Waals surface area contributed by atoms with Gasteiger partial charge in [0.2, 0.25) is 0 Å². The topological polar surface area (TPSA) is 118 Å². The van der Waals surface area contributed by atoms with Crippen LogP contribution in [-0.2, 0) is 20.5 Å². The second kappa shape index (κ2) is 12.8. The number of halogens is 4. The van der Waals surface area contributed by atoms with Crippen molar-refractivity contribution >= 4 is 29.1 Å². The number of aliphatic imine (C=N–C) groups is 1. The quantitative estimate of drug-likeness (QED) is 0.476. The maximum Gasteiger partial charge on any atom is 0.418 e. The standard InChI is InChI=1S/C32H32F4N6O4/c33-26-5-1-4-22-23(15-27(43)39-28(22)26)30(44)38-20-6-7-42(17-20)29-24(13-19(16-37)14-25(29)32(34,35)36)31(45)41-10-8-40(9-11-41)18-21-3-2-12-46-21/h1,4-5,13-15,20-21,26H,2-3,6-12,17-18H2,(H,38,44)/t20-,21?,26?/m1/s1. The van der Waals surface area contributed by atoms with Gasteiger partial charge in [-0.05, 0) is 37.5 Å². The molecule has 0 bridgehead atoms. The van der Waals surface area contributed by atoms with Crippen molar-refractivity contribution in [3.8, 4) is 6.07 Å². The first-order valence-corrected chi connectivity index (χ1v) is 15.2. The highest BCUT2D eigenvalue weighted by Gasteiger charge is 2.41. The van der Waals surface area contributed by atoms with Crippen molar-refractivity contribution in [3.63, 3.8) is 0 Å². The number of carbonyl (C=O) groups excluding carboxylic acids is 3. The van der Waals surface area contributed by atoms with Gasteiger partial charge in [0.25, 0.3) is 17.7 Å². The summed E-state index contributed by atoms with van der Waals surface area (Å²) in [5.41, 5.74) is -2.03. The molecular weight excluding hydrogens is 608 g/mol. The largest absolute Gasteiger partial charge is 0.418 e. The predicted octanol–water partition coefficient (Wildman–Crippen LogP) is 2.95. The molecule has 1 aromatic rings. The first-order chi connectivity index (χ1) is 22.0. The van der Waals surface area contributed by atoms with E-state index in [1.165, 1.54) is 34.1 Å². The molecule has 0 radical (unpaired) electrons. The van der Waals surface area contributed by atoms with Crippen molar-refractivity contribution in [2.75, 3.05) is 57.3 Å². The lowest BCUT2D eigenvalue weighted by Crippen LogP contribution is -2.50. The molecule has 2 unspecified atom stereocenters. The highest BCUT2D eigenvalue weighted by molar-refractivity contribution is 6.24. The fourth-order valence-corrected chi connectivity index (χ4v) is 6.61. The first-order valence-electron chi connectivity index (χ1n) is 15.2. The molecule has 4 heterocycles. The van der Waals surface area contributed by atoms with Gasteiger partial charge in [0.1, 0.15) is 0 Å². The second-order valence-corrected chi connectivity index (χ2v) is 11.9. The van der Waals surface area contributed by atoms with Gasteiger partial charge in [0.05, 0.1) is 45.8 Å². The number of nitrogens with zero attached hydrogens (tertiary/aromatic N) is 5. The number of alkyl halides is 4. The summed E-state index contributed by atoms with van der Waals surface area (Å²) in [5, 5.41) is 12.3. The molecule has 3 atom stereocenters. The zero-order valence-corrected chi connectivity index (χ0v) is 24.9. The summed E-state index contributed by atoms with van der Waals surface area (Å²) in [4.78, 5) is 48.0. The van der Waals surface area contributed by atoms with Crippen LogP contribution in [0.2, 0.25) is 0 Å². The molecular formula is C32H32F4N6O4. The minimum absolute atomic E-state index is 0.0664. The molecule has 242 valence electrons. The van der Waals surface area contributed by atoms with Gasteiger partial charge in [0, 0.05) is 70.1 Å². The summed E-state index contributed by atoms with van der Waals surface area (Å²) in [5.74, 6) is -2.07. The molecule has 0 saturated carbocycles. The summed E-state index contributed by atoms with van der Waals surface area (Å²) in [6.45, 7) is 3.19. The van der Waals surface area contributed by atoms with Crippen LogP contribution in [0.1, 0.15) is 40.7 Å². The molecule has 46 heavy (non-hydrogen) atoms. The van der Waals surface area contributed by atoms with Crippen LogP contribution in [0.25, 0.3) is 0 Å². The number of hydrogen-bond donors (Lipinski definition) is 1. The van der Waals surface area contributed by atoms with Crippen molar-refractivity contribution in [1.29, 1.82) is 5.26 Å². The third-order valence-electron chi connectivity index (χ3n) is 8.87. The number of nitriles is 1. The second-order valence-electron chi connectivity index (χ2n) is 11.9. The number of hydrogen-bond acceptors (Lipinski definition) is 7. The molecule has 14 heteroatoms. The Morgan fingerprint density at radius 3 is 2.61 bits per heavy atom. The molecule has 0 aromatic heterocycles. The van der Waals surface area contributed by atoms with E-state index >= 15 is 0 Å². The number of rotatable bonds is 6. The van der Waals surface area contributed by atoms with Crippen LogP contribution in [0.5, 0.6) is 0 Å². The lowest BCUT2D eigenvalue weighted by Gasteiger charge is -2.36. The first kappa shape index (κ1) is 31.6. The number of allylic oxidation sites excluding steroid dienone is 3. The monoisotopic (exact) mass is 640 g/mol. The summed E-state index contributed by atoms with van der Waals surface area (Å²) < 4.78 is 63.5. The molecule has 3 amide bonds. The number of anilines is 1. The minimum Gasteiger partial charge on any atom is -0.377 e. The normalized spacial score (nSPS) is 25.1. The maximum absolute atomic E-state index is 14.5. The van der Waals surface area contributed by atoms with Crippen molar-refractivity contribution in [1.82, 2.24) is 15.1 Å². The minimum atomic E-state index is -4.87. The number of ether oxygens (including phenoxy) is 1. The molecule has 10 nitrogen and oxygen atoms in total. The zero-order chi connectivity index (χ0) is 32.6. The number of dihydropyridines is 1. The highest BCUT2D eigenvalue weighted by Crippen LogP contribution is 2.41. The van der Waals surface area contributed by atoms with Gasteiger partial charge < -0.3 is 19.9 Å². The van der Waals surface area contributed by atoms with Crippen molar-refractivity contribution in [3.05, 3.63) is 64.3 Å². The Kier molecular flexibility index (Phi) is 8.80. The Hall–Kier alpha value is -4.35. The highest BCUT2D eigenvalue weighted by atomic mass is 19.4. The van der Waals surface area contributed by atoms with E-state index < -0.39 is 41.7 Å². The lowest BCUT2D eigenvalue weighted by atomic mass is 9.91. The van der Waals surface area contributed by atoms with E-state index in [2.05, 4.69) is 15.2 Å². The van der Waals surface area contributed by atoms with E-state index in [1.807, 2.05) is 0 Å². The Bertz CT molecular complexity index is 1600.